The third-order valence-electron chi connectivity index (χ3n) is 10.9. The molecule has 0 amide bonds. The van der Waals surface area contributed by atoms with E-state index in [1.807, 2.05) is 36.4 Å². The van der Waals surface area contributed by atoms with Gasteiger partial charge in [0.2, 0.25) is 0 Å². The van der Waals surface area contributed by atoms with Crippen LogP contribution < -0.4 is 0 Å². The van der Waals surface area contributed by atoms with E-state index in [9.17, 15) is 0 Å². The number of benzene rings is 5. The van der Waals surface area contributed by atoms with Crippen molar-refractivity contribution in [1.29, 1.82) is 0 Å². The van der Waals surface area contributed by atoms with Crippen LogP contribution in [0.15, 0.2) is 164 Å². The predicted molar refractivity (Wildman–Crippen MR) is 207 cm³/mol. The summed E-state index contributed by atoms with van der Waals surface area (Å²) < 4.78 is 0. The molecule has 0 aliphatic heterocycles. The van der Waals surface area contributed by atoms with Gasteiger partial charge in [0.25, 0.3) is 0 Å². The van der Waals surface area contributed by atoms with E-state index in [0.717, 1.165) is 16.7 Å². The Balaban J connectivity index is 1.17. The normalized spacial score (nSPS) is 14.3. The van der Waals surface area contributed by atoms with Crippen LogP contribution in [-0.4, -0.2) is 24.9 Å². The minimum absolute atomic E-state index is 0.144. The highest BCUT2D eigenvalue weighted by Gasteiger charge is 2.53. The second-order valence-corrected chi connectivity index (χ2v) is 14.1. The second kappa shape index (κ2) is 11.5. The molecule has 0 atom stereocenters. The zero-order valence-electron chi connectivity index (χ0n) is 28.8. The van der Waals surface area contributed by atoms with Crippen molar-refractivity contribution in [2.45, 2.75) is 24.7 Å². The Labute approximate surface area is 302 Å². The van der Waals surface area contributed by atoms with Gasteiger partial charge in [-0.05, 0) is 92.0 Å². The Morgan fingerprint density at radius 2 is 0.865 bits per heavy atom. The molecule has 5 nitrogen and oxygen atoms in total. The molecule has 0 saturated carbocycles. The standard InChI is InChI=1S/C47H33N5/c1-46(2)36-18-5-7-20-38(36)47(39-21-8-6-19-37(39)46)35-17-4-3-16-33(35)34-25-24-31(29-40(34)47)30-14-13-15-32(28-30)43-50-44(41-22-9-11-26-48-41)52-45(51-43)42-23-10-12-27-49-42/h3-29H,1-2H3. The first kappa shape index (κ1) is 30.3. The number of aromatic nitrogens is 5. The lowest BCUT2D eigenvalue weighted by Gasteiger charge is -2.46. The van der Waals surface area contributed by atoms with Gasteiger partial charge in [-0.3, -0.25) is 9.97 Å². The van der Waals surface area contributed by atoms with Crippen molar-refractivity contribution in [2.24, 2.45) is 0 Å². The molecule has 0 unspecified atom stereocenters. The van der Waals surface area contributed by atoms with Gasteiger partial charge in [0.05, 0.1) is 5.41 Å². The van der Waals surface area contributed by atoms with Gasteiger partial charge in [-0.15, -0.1) is 0 Å². The molecule has 1 spiro atoms. The summed E-state index contributed by atoms with van der Waals surface area (Å²) in [4.78, 5) is 23.8. The molecule has 10 rings (SSSR count). The molecule has 52 heavy (non-hydrogen) atoms. The summed E-state index contributed by atoms with van der Waals surface area (Å²) in [5.41, 5.74) is 14.5. The third-order valence-corrected chi connectivity index (χ3v) is 10.9. The fraction of sp³-hybridized carbons (Fsp3) is 0.0851. The van der Waals surface area contributed by atoms with Crippen LogP contribution in [-0.2, 0) is 10.8 Å². The van der Waals surface area contributed by atoms with Crippen molar-refractivity contribution in [3.8, 4) is 56.7 Å². The maximum atomic E-state index is 4.94. The molecule has 3 aromatic heterocycles. The Kier molecular flexibility index (Phi) is 6.67. The number of hydrogen-bond donors (Lipinski definition) is 0. The minimum Gasteiger partial charge on any atom is -0.253 e. The van der Waals surface area contributed by atoms with Crippen LogP contribution in [0.3, 0.4) is 0 Å². The zero-order chi connectivity index (χ0) is 34.9. The molecule has 5 heteroatoms. The lowest BCUT2D eigenvalue weighted by Crippen LogP contribution is -2.40. The maximum Gasteiger partial charge on any atom is 0.182 e. The predicted octanol–water partition coefficient (Wildman–Crippen LogP) is 10.3. The quantitative estimate of drug-likeness (QED) is 0.187. The average molecular weight is 668 g/mol. The van der Waals surface area contributed by atoms with Gasteiger partial charge in [0.15, 0.2) is 17.5 Å². The van der Waals surface area contributed by atoms with Crippen LogP contribution >= 0.6 is 0 Å². The Bertz CT molecular complexity index is 2560. The summed E-state index contributed by atoms with van der Waals surface area (Å²) in [6.07, 6.45) is 3.51. The fourth-order valence-electron chi connectivity index (χ4n) is 8.60. The van der Waals surface area contributed by atoms with Crippen LogP contribution in [0.5, 0.6) is 0 Å². The monoisotopic (exact) mass is 667 g/mol. The van der Waals surface area contributed by atoms with Crippen LogP contribution in [0, 0.1) is 0 Å². The molecular formula is C47H33N5. The molecule has 246 valence electrons. The lowest BCUT2D eigenvalue weighted by atomic mass is 9.55. The largest absolute Gasteiger partial charge is 0.253 e. The molecule has 8 aromatic rings. The summed E-state index contributed by atoms with van der Waals surface area (Å²) in [7, 11) is 0. The fourth-order valence-corrected chi connectivity index (χ4v) is 8.60. The van der Waals surface area contributed by atoms with Crippen molar-refractivity contribution >= 4 is 0 Å². The Hall–Kier alpha value is -6.59. The van der Waals surface area contributed by atoms with Crippen LogP contribution in [0.25, 0.3) is 56.7 Å². The summed E-state index contributed by atoms with van der Waals surface area (Å²) in [5, 5.41) is 0. The number of fused-ring (bicyclic) bond motifs is 9. The number of hydrogen-bond acceptors (Lipinski definition) is 5. The zero-order valence-corrected chi connectivity index (χ0v) is 28.8. The van der Waals surface area contributed by atoms with E-state index >= 15 is 0 Å². The van der Waals surface area contributed by atoms with Crippen molar-refractivity contribution < 1.29 is 0 Å². The Morgan fingerprint density at radius 3 is 1.48 bits per heavy atom. The summed E-state index contributed by atoms with van der Waals surface area (Å²) >= 11 is 0. The van der Waals surface area contributed by atoms with Crippen molar-refractivity contribution in [3.63, 3.8) is 0 Å². The number of pyridine rings is 2. The minimum atomic E-state index is -0.453. The highest BCUT2D eigenvalue weighted by Crippen LogP contribution is 2.62. The molecule has 2 aliphatic rings. The van der Waals surface area contributed by atoms with Gasteiger partial charge in [-0.1, -0.05) is 129 Å². The van der Waals surface area contributed by atoms with Gasteiger partial charge in [-0.2, -0.15) is 0 Å². The summed E-state index contributed by atoms with van der Waals surface area (Å²) in [5.74, 6) is 1.58. The molecule has 0 radical (unpaired) electrons. The summed E-state index contributed by atoms with van der Waals surface area (Å²) in [6.45, 7) is 4.72. The molecule has 0 saturated heterocycles. The van der Waals surface area contributed by atoms with Crippen LogP contribution in [0.2, 0.25) is 0 Å². The summed E-state index contributed by atoms with van der Waals surface area (Å²) in [6, 6.07) is 54.1. The first-order valence-corrected chi connectivity index (χ1v) is 17.7. The molecule has 2 aliphatic carbocycles. The van der Waals surface area contributed by atoms with E-state index in [0.29, 0.717) is 28.9 Å². The lowest BCUT2D eigenvalue weighted by molar-refractivity contribution is 0.563. The molecule has 3 heterocycles. The number of rotatable bonds is 4. The van der Waals surface area contributed by atoms with Gasteiger partial charge >= 0.3 is 0 Å². The first-order valence-electron chi connectivity index (χ1n) is 17.7. The molecule has 0 N–H and O–H groups in total. The van der Waals surface area contributed by atoms with E-state index in [4.69, 9.17) is 15.0 Å². The molecule has 0 fully saturated rings. The molecule has 5 aromatic carbocycles. The van der Waals surface area contributed by atoms with Gasteiger partial charge in [0, 0.05) is 23.4 Å². The van der Waals surface area contributed by atoms with Gasteiger partial charge < -0.3 is 0 Å². The number of nitrogens with zero attached hydrogens (tertiary/aromatic N) is 5. The third kappa shape index (κ3) is 4.39. The SMILES string of the molecule is CC1(C)c2ccccc2C2(c3ccccc3-c3ccc(-c4cccc(-c5nc(-c6ccccn6)nc(-c6ccccn6)n5)c4)cc32)c2ccccc21. The average Bonchev–Trinajstić information content (AvgIpc) is 3.51. The van der Waals surface area contributed by atoms with E-state index in [-0.39, 0.29) is 5.41 Å². The van der Waals surface area contributed by atoms with Crippen molar-refractivity contribution in [3.05, 3.63) is 197 Å². The first-order chi connectivity index (χ1) is 25.5. The van der Waals surface area contributed by atoms with Crippen molar-refractivity contribution in [1.82, 2.24) is 24.9 Å². The van der Waals surface area contributed by atoms with Crippen LogP contribution in [0.1, 0.15) is 47.2 Å². The van der Waals surface area contributed by atoms with Gasteiger partial charge in [0.1, 0.15) is 11.4 Å². The van der Waals surface area contributed by atoms with Crippen LogP contribution in [0.4, 0.5) is 0 Å². The molecular weight excluding hydrogens is 635 g/mol. The highest BCUT2D eigenvalue weighted by atomic mass is 15.1. The maximum absolute atomic E-state index is 4.94. The van der Waals surface area contributed by atoms with Gasteiger partial charge in [-0.25, -0.2) is 15.0 Å². The van der Waals surface area contributed by atoms with E-state index in [2.05, 4.69) is 139 Å². The highest BCUT2D eigenvalue weighted by molar-refractivity contribution is 5.90. The van der Waals surface area contributed by atoms with E-state index in [1.165, 1.54) is 44.5 Å². The topological polar surface area (TPSA) is 64.5 Å². The molecule has 0 bridgehead atoms. The van der Waals surface area contributed by atoms with E-state index < -0.39 is 5.41 Å². The Morgan fingerprint density at radius 1 is 0.365 bits per heavy atom. The smallest absolute Gasteiger partial charge is 0.182 e. The van der Waals surface area contributed by atoms with E-state index in [1.54, 1.807) is 12.4 Å². The van der Waals surface area contributed by atoms with Crippen molar-refractivity contribution in [2.75, 3.05) is 0 Å². The second-order valence-electron chi connectivity index (χ2n) is 14.1.